The molecule has 10 heteroatoms. The summed E-state index contributed by atoms with van der Waals surface area (Å²) in [7, 11) is -2.18. The molecule has 0 atom stereocenters. The maximum atomic E-state index is 12.9. The van der Waals surface area contributed by atoms with Crippen LogP contribution in [0.2, 0.25) is 0 Å². The Labute approximate surface area is 154 Å². The van der Waals surface area contributed by atoms with Crippen molar-refractivity contribution in [3.05, 3.63) is 56.6 Å². The van der Waals surface area contributed by atoms with E-state index in [1.165, 1.54) is 29.8 Å². The van der Waals surface area contributed by atoms with Gasteiger partial charge in [-0.1, -0.05) is 5.16 Å². The molecule has 0 radical (unpaired) electrons. The summed E-state index contributed by atoms with van der Waals surface area (Å²) in [5.74, 6) is 0.366. The van der Waals surface area contributed by atoms with Gasteiger partial charge < -0.3 is 4.52 Å². The average molecular weight is 390 g/mol. The molecule has 1 N–H and O–H groups in total. The van der Waals surface area contributed by atoms with Crippen LogP contribution in [0, 0.1) is 6.92 Å². The van der Waals surface area contributed by atoms with Crippen molar-refractivity contribution < 1.29 is 12.9 Å². The van der Waals surface area contributed by atoms with E-state index in [4.69, 9.17) is 4.52 Å². The highest BCUT2D eigenvalue weighted by Crippen LogP contribution is 2.23. The Balaban J connectivity index is 1.87. The zero-order valence-electron chi connectivity index (χ0n) is 14.8. The standard InChI is InChI=1S/C17H18N4O5S/c1-10-7-12(26-18-10)9-21-16(22)14-8-13(27(24,25)19-11-3-4-11)5-6-15(14)20(2)17(21)23/h5-8,11,19H,3-4,9H2,1-2H3. The molecule has 1 fully saturated rings. The van der Waals surface area contributed by atoms with Crippen molar-refractivity contribution >= 4 is 20.9 Å². The highest BCUT2D eigenvalue weighted by atomic mass is 32.2. The smallest absolute Gasteiger partial charge is 0.331 e. The topological polar surface area (TPSA) is 116 Å². The number of nitrogens with one attached hydrogen (secondary N) is 1. The second kappa shape index (κ2) is 6.17. The lowest BCUT2D eigenvalue weighted by atomic mass is 10.2. The summed E-state index contributed by atoms with van der Waals surface area (Å²) in [6.45, 7) is 1.65. The van der Waals surface area contributed by atoms with E-state index in [0.29, 0.717) is 17.0 Å². The van der Waals surface area contributed by atoms with Crippen molar-refractivity contribution in [1.82, 2.24) is 19.0 Å². The van der Waals surface area contributed by atoms with E-state index in [-0.39, 0.29) is 22.9 Å². The van der Waals surface area contributed by atoms with Gasteiger partial charge in [-0.05, 0) is 38.0 Å². The molecule has 0 bridgehead atoms. The molecular formula is C17H18N4O5S. The molecule has 3 aromatic rings. The Morgan fingerprint density at radius 1 is 1.26 bits per heavy atom. The Morgan fingerprint density at radius 3 is 2.63 bits per heavy atom. The highest BCUT2D eigenvalue weighted by molar-refractivity contribution is 7.89. The van der Waals surface area contributed by atoms with Gasteiger partial charge in [0.1, 0.15) is 0 Å². The zero-order valence-corrected chi connectivity index (χ0v) is 15.6. The van der Waals surface area contributed by atoms with Crippen LogP contribution < -0.4 is 16.0 Å². The number of aryl methyl sites for hydroxylation is 2. The summed E-state index contributed by atoms with van der Waals surface area (Å²) in [6.07, 6.45) is 1.62. The first-order chi connectivity index (χ1) is 12.8. The van der Waals surface area contributed by atoms with Crippen LogP contribution in [0.25, 0.3) is 10.9 Å². The summed E-state index contributed by atoms with van der Waals surface area (Å²) in [5.41, 5.74) is -0.102. The van der Waals surface area contributed by atoms with Gasteiger partial charge in [0.05, 0.1) is 28.0 Å². The molecule has 0 saturated heterocycles. The molecular weight excluding hydrogens is 372 g/mol. The number of hydrogen-bond donors (Lipinski definition) is 1. The van der Waals surface area contributed by atoms with Crippen LogP contribution in [0.4, 0.5) is 0 Å². The molecule has 1 aromatic carbocycles. The first-order valence-electron chi connectivity index (χ1n) is 8.44. The monoisotopic (exact) mass is 390 g/mol. The lowest BCUT2D eigenvalue weighted by molar-refractivity contribution is 0.369. The van der Waals surface area contributed by atoms with Crippen LogP contribution in [0.15, 0.2) is 43.3 Å². The van der Waals surface area contributed by atoms with Crippen molar-refractivity contribution in [2.24, 2.45) is 7.05 Å². The van der Waals surface area contributed by atoms with E-state index in [1.54, 1.807) is 13.0 Å². The van der Waals surface area contributed by atoms with Crippen LogP contribution >= 0.6 is 0 Å². The van der Waals surface area contributed by atoms with Crippen LogP contribution in [-0.4, -0.2) is 28.8 Å². The summed E-state index contributed by atoms with van der Waals surface area (Å²) in [6, 6.07) is 5.77. The van der Waals surface area contributed by atoms with Gasteiger partial charge in [-0.15, -0.1) is 0 Å². The Morgan fingerprint density at radius 2 is 2.00 bits per heavy atom. The fraction of sp³-hybridized carbons (Fsp3) is 0.353. The minimum atomic E-state index is -3.71. The van der Waals surface area contributed by atoms with E-state index in [0.717, 1.165) is 17.4 Å². The Kier molecular flexibility index (Phi) is 4.04. The number of fused-ring (bicyclic) bond motifs is 1. The Bertz CT molecular complexity index is 1260. The molecule has 0 aliphatic heterocycles. The molecule has 142 valence electrons. The van der Waals surface area contributed by atoms with E-state index in [9.17, 15) is 18.0 Å². The number of aromatic nitrogens is 3. The second-order valence-corrected chi connectivity index (χ2v) is 8.46. The largest absolute Gasteiger partial charge is 0.359 e. The predicted octanol–water partition coefficient (Wildman–Crippen LogP) is 0.486. The number of benzene rings is 1. The summed E-state index contributed by atoms with van der Waals surface area (Å²) in [4.78, 5) is 25.5. The molecule has 1 aliphatic carbocycles. The molecule has 0 amide bonds. The molecule has 2 heterocycles. The van der Waals surface area contributed by atoms with Gasteiger partial charge in [-0.25, -0.2) is 17.9 Å². The maximum Gasteiger partial charge on any atom is 0.331 e. The lowest BCUT2D eigenvalue weighted by Crippen LogP contribution is -2.39. The zero-order chi connectivity index (χ0) is 19.3. The minimum Gasteiger partial charge on any atom is -0.359 e. The van der Waals surface area contributed by atoms with Gasteiger partial charge in [0, 0.05) is 19.2 Å². The van der Waals surface area contributed by atoms with Gasteiger partial charge in [-0.2, -0.15) is 0 Å². The Hall–Kier alpha value is -2.72. The minimum absolute atomic E-state index is 0.000270. The predicted molar refractivity (Wildman–Crippen MR) is 97.1 cm³/mol. The fourth-order valence-electron chi connectivity index (χ4n) is 2.94. The molecule has 4 rings (SSSR count). The first-order valence-corrected chi connectivity index (χ1v) is 9.93. The molecule has 0 spiro atoms. The van der Waals surface area contributed by atoms with Crippen molar-refractivity contribution in [3.63, 3.8) is 0 Å². The number of sulfonamides is 1. The third-order valence-corrected chi connectivity index (χ3v) is 6.04. The number of rotatable bonds is 5. The molecule has 1 aliphatic rings. The van der Waals surface area contributed by atoms with Crippen LogP contribution in [0.1, 0.15) is 24.3 Å². The van der Waals surface area contributed by atoms with Gasteiger partial charge in [0.2, 0.25) is 10.0 Å². The second-order valence-electron chi connectivity index (χ2n) is 6.74. The molecule has 0 unspecified atom stereocenters. The lowest BCUT2D eigenvalue weighted by Gasteiger charge is -2.11. The highest BCUT2D eigenvalue weighted by Gasteiger charge is 2.28. The quantitative estimate of drug-likeness (QED) is 0.678. The fourth-order valence-corrected chi connectivity index (χ4v) is 4.27. The van der Waals surface area contributed by atoms with E-state index < -0.39 is 21.3 Å². The first kappa shape index (κ1) is 17.7. The third-order valence-electron chi connectivity index (χ3n) is 4.52. The van der Waals surface area contributed by atoms with Gasteiger partial charge >= 0.3 is 5.69 Å². The summed E-state index contributed by atoms with van der Waals surface area (Å²) in [5, 5.41) is 3.90. The summed E-state index contributed by atoms with van der Waals surface area (Å²) >= 11 is 0. The summed E-state index contributed by atoms with van der Waals surface area (Å²) < 4.78 is 34.9. The maximum absolute atomic E-state index is 12.9. The number of hydrogen-bond acceptors (Lipinski definition) is 6. The van der Waals surface area contributed by atoms with E-state index >= 15 is 0 Å². The van der Waals surface area contributed by atoms with E-state index in [2.05, 4.69) is 9.88 Å². The number of nitrogens with zero attached hydrogens (tertiary/aromatic N) is 3. The van der Waals surface area contributed by atoms with Crippen LogP contribution in [0.3, 0.4) is 0 Å². The molecule has 2 aromatic heterocycles. The SMILES string of the molecule is Cc1cc(Cn2c(=O)c3cc(S(=O)(=O)NC4CC4)ccc3n(C)c2=O)on1. The van der Waals surface area contributed by atoms with Crippen molar-refractivity contribution in [2.75, 3.05) is 0 Å². The van der Waals surface area contributed by atoms with Crippen LogP contribution in [-0.2, 0) is 23.6 Å². The van der Waals surface area contributed by atoms with Crippen LogP contribution in [0.5, 0.6) is 0 Å². The molecule has 1 saturated carbocycles. The molecule has 27 heavy (non-hydrogen) atoms. The third kappa shape index (κ3) is 3.21. The normalized spacial score (nSPS) is 14.7. The van der Waals surface area contributed by atoms with Gasteiger partial charge in [-0.3, -0.25) is 13.9 Å². The van der Waals surface area contributed by atoms with E-state index in [1.807, 2.05) is 0 Å². The van der Waals surface area contributed by atoms with Gasteiger partial charge in [0.15, 0.2) is 5.76 Å². The van der Waals surface area contributed by atoms with Crippen molar-refractivity contribution in [1.29, 1.82) is 0 Å². The van der Waals surface area contributed by atoms with Gasteiger partial charge in [0.25, 0.3) is 5.56 Å². The van der Waals surface area contributed by atoms with Crippen molar-refractivity contribution in [2.45, 2.75) is 37.2 Å². The average Bonchev–Trinajstić information content (AvgIpc) is 3.34. The molecule has 9 nitrogen and oxygen atoms in total. The van der Waals surface area contributed by atoms with Crippen molar-refractivity contribution in [3.8, 4) is 0 Å².